The molecule has 5 heteroatoms. The molecule has 0 aromatic carbocycles. The number of nitrogens with zero attached hydrogens (tertiary/aromatic N) is 1. The summed E-state index contributed by atoms with van der Waals surface area (Å²) in [5, 5.41) is 1.57. The Hall–Kier alpha value is -0.910. The molecule has 0 rings (SSSR count). The Bertz CT molecular complexity index is 147. The molecule has 3 N–H and O–H groups in total. The molecular formula is C6H13N3O2. The fourth-order valence-corrected chi connectivity index (χ4v) is 0.431. The zero-order valence-electron chi connectivity index (χ0n) is 6.70. The van der Waals surface area contributed by atoms with Gasteiger partial charge >= 0.3 is 0 Å². The minimum Gasteiger partial charge on any atom is -0.302 e. The van der Waals surface area contributed by atoms with Crippen LogP contribution < -0.4 is 11.3 Å². The molecule has 0 saturated carbocycles. The van der Waals surface area contributed by atoms with E-state index in [0.717, 1.165) is 0 Å². The van der Waals surface area contributed by atoms with Crippen molar-refractivity contribution in [3.63, 3.8) is 0 Å². The summed E-state index contributed by atoms with van der Waals surface area (Å²) in [6, 6.07) is 0. The lowest BCUT2D eigenvalue weighted by molar-refractivity contribution is -0.116. The van der Waals surface area contributed by atoms with Crippen LogP contribution in [0.25, 0.3) is 0 Å². The van der Waals surface area contributed by atoms with Crippen LogP contribution in [0.3, 0.4) is 0 Å². The summed E-state index contributed by atoms with van der Waals surface area (Å²) in [6.45, 7) is 0.546. The minimum atomic E-state index is -0.325. The van der Waals surface area contributed by atoms with Crippen LogP contribution in [0.1, 0.15) is 0 Å². The van der Waals surface area contributed by atoms with E-state index >= 15 is 0 Å². The summed E-state index contributed by atoms with van der Waals surface area (Å²) in [5.41, 5.74) is 1.97. The maximum absolute atomic E-state index is 10.5. The lowest BCUT2D eigenvalue weighted by Crippen LogP contribution is -2.28. The first-order valence-corrected chi connectivity index (χ1v) is 3.13. The number of amides is 1. The van der Waals surface area contributed by atoms with Crippen LogP contribution in [-0.4, -0.2) is 31.7 Å². The van der Waals surface area contributed by atoms with Gasteiger partial charge in [0.1, 0.15) is 0 Å². The van der Waals surface area contributed by atoms with Crippen molar-refractivity contribution in [2.75, 3.05) is 20.7 Å². The van der Waals surface area contributed by atoms with E-state index in [2.05, 4.69) is 0 Å². The number of hydrogen-bond donors (Lipinski definition) is 2. The summed E-state index contributed by atoms with van der Waals surface area (Å²) in [7, 11) is 3.31. The molecule has 0 saturated heterocycles. The van der Waals surface area contributed by atoms with E-state index in [4.69, 9.17) is 10.7 Å². The average molecular weight is 159 g/mol. The molecule has 0 radical (unpaired) electrons. The highest BCUT2D eigenvalue weighted by Gasteiger charge is 1.90. The standard InChI is InChI=1S/C6H13N3O2/c1-9(11-2)5-3-4-6(10)8-7/h3-4H,5,7H2,1-2H3,(H,8,10)/b4-3+. The zero-order valence-corrected chi connectivity index (χ0v) is 6.70. The zero-order chi connectivity index (χ0) is 8.69. The molecule has 0 aliphatic rings. The lowest BCUT2D eigenvalue weighted by Gasteiger charge is -2.08. The van der Waals surface area contributed by atoms with E-state index in [0.29, 0.717) is 6.54 Å². The van der Waals surface area contributed by atoms with Gasteiger partial charge in [0.25, 0.3) is 5.91 Å². The lowest BCUT2D eigenvalue weighted by atomic mass is 10.5. The van der Waals surface area contributed by atoms with Gasteiger partial charge in [0.15, 0.2) is 0 Å². The van der Waals surface area contributed by atoms with Crippen molar-refractivity contribution in [2.24, 2.45) is 5.84 Å². The highest BCUT2D eigenvalue weighted by Crippen LogP contribution is 1.81. The van der Waals surface area contributed by atoms with Gasteiger partial charge in [-0.1, -0.05) is 6.08 Å². The van der Waals surface area contributed by atoms with E-state index in [1.54, 1.807) is 25.3 Å². The summed E-state index contributed by atoms with van der Waals surface area (Å²) in [6.07, 6.45) is 2.99. The first-order chi connectivity index (χ1) is 5.20. The molecule has 0 aromatic heterocycles. The highest BCUT2D eigenvalue weighted by molar-refractivity contribution is 5.86. The number of hydrazine groups is 1. The van der Waals surface area contributed by atoms with Gasteiger partial charge < -0.3 is 4.84 Å². The molecule has 0 aliphatic heterocycles. The van der Waals surface area contributed by atoms with Crippen LogP contribution in [0, 0.1) is 0 Å². The number of nitrogens with two attached hydrogens (primary N) is 1. The number of hydroxylamine groups is 2. The first-order valence-electron chi connectivity index (χ1n) is 3.13. The Morgan fingerprint density at radius 2 is 2.45 bits per heavy atom. The van der Waals surface area contributed by atoms with Gasteiger partial charge in [0.05, 0.1) is 7.11 Å². The number of likely N-dealkylation sites (N-methyl/N-ethyl adjacent to an activating group) is 1. The predicted molar refractivity (Wildman–Crippen MR) is 41.1 cm³/mol. The average Bonchev–Trinajstić information content (AvgIpc) is 2.04. The molecule has 0 bridgehead atoms. The highest BCUT2D eigenvalue weighted by atomic mass is 16.7. The van der Waals surface area contributed by atoms with Crippen molar-refractivity contribution in [2.45, 2.75) is 0 Å². The molecule has 64 valence electrons. The molecular weight excluding hydrogens is 146 g/mol. The smallest absolute Gasteiger partial charge is 0.257 e. The van der Waals surface area contributed by atoms with Crippen LogP contribution in [-0.2, 0) is 9.63 Å². The first kappa shape index (κ1) is 10.1. The van der Waals surface area contributed by atoms with E-state index in [1.807, 2.05) is 5.43 Å². The van der Waals surface area contributed by atoms with Gasteiger partial charge in [-0.25, -0.2) is 5.84 Å². The van der Waals surface area contributed by atoms with Crippen LogP contribution in [0.2, 0.25) is 0 Å². The fraction of sp³-hybridized carbons (Fsp3) is 0.500. The Kier molecular flexibility index (Phi) is 5.36. The second kappa shape index (κ2) is 5.84. The number of carbonyl (C=O) groups is 1. The Morgan fingerprint density at radius 3 is 2.91 bits per heavy atom. The Morgan fingerprint density at radius 1 is 1.82 bits per heavy atom. The Labute approximate surface area is 65.7 Å². The van der Waals surface area contributed by atoms with Gasteiger partial charge in [0, 0.05) is 19.7 Å². The van der Waals surface area contributed by atoms with E-state index < -0.39 is 0 Å². The van der Waals surface area contributed by atoms with E-state index in [-0.39, 0.29) is 5.91 Å². The maximum Gasteiger partial charge on any atom is 0.257 e. The molecule has 5 nitrogen and oxygen atoms in total. The monoisotopic (exact) mass is 159 g/mol. The van der Waals surface area contributed by atoms with Gasteiger partial charge in [-0.05, 0) is 0 Å². The summed E-state index contributed by atoms with van der Waals surface area (Å²) in [4.78, 5) is 15.3. The van der Waals surface area contributed by atoms with Gasteiger partial charge in [-0.15, -0.1) is 0 Å². The van der Waals surface area contributed by atoms with Gasteiger partial charge in [-0.3, -0.25) is 10.2 Å². The van der Waals surface area contributed by atoms with Gasteiger partial charge in [0.2, 0.25) is 0 Å². The molecule has 0 aliphatic carbocycles. The summed E-state index contributed by atoms with van der Waals surface area (Å²) < 4.78 is 0. The maximum atomic E-state index is 10.5. The largest absolute Gasteiger partial charge is 0.302 e. The minimum absolute atomic E-state index is 0.325. The molecule has 0 aromatic rings. The van der Waals surface area contributed by atoms with Crippen molar-refractivity contribution in [1.82, 2.24) is 10.5 Å². The van der Waals surface area contributed by atoms with E-state index in [1.165, 1.54) is 6.08 Å². The number of nitrogens with one attached hydrogen (secondary N) is 1. The number of hydrogen-bond acceptors (Lipinski definition) is 4. The summed E-state index contributed by atoms with van der Waals surface area (Å²) >= 11 is 0. The topological polar surface area (TPSA) is 67.6 Å². The molecule has 0 spiro atoms. The van der Waals surface area contributed by atoms with Crippen LogP contribution in [0.5, 0.6) is 0 Å². The number of rotatable bonds is 4. The van der Waals surface area contributed by atoms with Crippen molar-refractivity contribution in [1.29, 1.82) is 0 Å². The molecule has 1 amide bonds. The molecule has 0 heterocycles. The normalized spacial score (nSPS) is 10.9. The molecule has 11 heavy (non-hydrogen) atoms. The molecule has 0 atom stereocenters. The molecule has 0 unspecified atom stereocenters. The van der Waals surface area contributed by atoms with Crippen molar-refractivity contribution < 1.29 is 9.63 Å². The quantitative estimate of drug-likeness (QED) is 0.239. The second-order valence-electron chi connectivity index (χ2n) is 1.90. The summed E-state index contributed by atoms with van der Waals surface area (Å²) in [5.74, 6) is 4.50. The third-order valence-corrected chi connectivity index (χ3v) is 1.09. The van der Waals surface area contributed by atoms with Crippen LogP contribution in [0.4, 0.5) is 0 Å². The van der Waals surface area contributed by atoms with Crippen LogP contribution >= 0.6 is 0 Å². The fourth-order valence-electron chi connectivity index (χ4n) is 0.431. The molecule has 0 fully saturated rings. The van der Waals surface area contributed by atoms with Crippen molar-refractivity contribution in [3.8, 4) is 0 Å². The van der Waals surface area contributed by atoms with Gasteiger partial charge in [-0.2, -0.15) is 5.06 Å². The second-order valence-corrected chi connectivity index (χ2v) is 1.90. The predicted octanol–water partition coefficient (Wildman–Crippen LogP) is -0.974. The van der Waals surface area contributed by atoms with Crippen LogP contribution in [0.15, 0.2) is 12.2 Å². The third kappa shape index (κ3) is 5.53. The SMILES string of the molecule is CON(C)C/C=C/C(=O)NN. The van der Waals surface area contributed by atoms with Crippen molar-refractivity contribution >= 4 is 5.91 Å². The third-order valence-electron chi connectivity index (χ3n) is 1.09. The number of carbonyl (C=O) groups excluding carboxylic acids is 1. The van der Waals surface area contributed by atoms with Crippen molar-refractivity contribution in [3.05, 3.63) is 12.2 Å². The van der Waals surface area contributed by atoms with E-state index in [9.17, 15) is 4.79 Å². The Balaban J connectivity index is 3.51.